The molecule has 0 spiro atoms. The third-order valence-electron chi connectivity index (χ3n) is 2.78. The van der Waals surface area contributed by atoms with Gasteiger partial charge in [-0.25, -0.2) is 4.68 Å². The highest BCUT2D eigenvalue weighted by Crippen LogP contribution is 2.17. The van der Waals surface area contributed by atoms with Gasteiger partial charge in [-0.15, -0.1) is 5.10 Å². The van der Waals surface area contributed by atoms with Crippen molar-refractivity contribution >= 4 is 0 Å². The predicted molar refractivity (Wildman–Crippen MR) is 69.8 cm³/mol. The van der Waals surface area contributed by atoms with Crippen LogP contribution in [0.1, 0.15) is 5.56 Å². The van der Waals surface area contributed by atoms with E-state index in [2.05, 4.69) is 28.5 Å². The van der Waals surface area contributed by atoms with Crippen molar-refractivity contribution in [3.63, 3.8) is 0 Å². The van der Waals surface area contributed by atoms with Crippen molar-refractivity contribution in [3.8, 4) is 11.3 Å². The molecule has 1 aromatic heterocycles. The molecule has 0 aliphatic heterocycles. The van der Waals surface area contributed by atoms with Crippen LogP contribution in [0.15, 0.2) is 60.8 Å². The van der Waals surface area contributed by atoms with Gasteiger partial charge in [0.15, 0.2) is 0 Å². The Hall–Kier alpha value is -2.42. The molecular weight excluding hydrogens is 222 g/mol. The van der Waals surface area contributed by atoms with Crippen LogP contribution in [0.2, 0.25) is 0 Å². The average Bonchev–Trinajstić information content (AvgIpc) is 2.89. The summed E-state index contributed by atoms with van der Waals surface area (Å²) in [7, 11) is 0. The average molecular weight is 234 g/mol. The maximum atomic E-state index is 4.13. The zero-order valence-corrected chi connectivity index (χ0v) is 9.82. The van der Waals surface area contributed by atoms with Crippen molar-refractivity contribution in [3.05, 3.63) is 72.4 Å². The van der Waals surface area contributed by atoms with E-state index in [0.717, 1.165) is 17.8 Å². The molecule has 2 aromatic carbocycles. The molecule has 3 aromatic rings. The second kappa shape index (κ2) is 4.84. The Kier molecular flexibility index (Phi) is 2.88. The first kappa shape index (κ1) is 10.7. The van der Waals surface area contributed by atoms with E-state index in [0.29, 0.717) is 0 Å². The Balaban J connectivity index is 1.93. The number of benzene rings is 2. The molecule has 0 unspecified atom stereocenters. The molecule has 0 aliphatic carbocycles. The second-order valence-electron chi connectivity index (χ2n) is 4.04. The molecule has 0 atom stereocenters. The van der Waals surface area contributed by atoms with Gasteiger partial charge in [0.1, 0.15) is 0 Å². The summed E-state index contributed by atoms with van der Waals surface area (Å²) in [6, 6.07) is 21.3. The van der Waals surface area contributed by atoms with Gasteiger partial charge in [0.05, 0.1) is 18.4 Å². The predicted octanol–water partition coefficient (Wildman–Crippen LogP) is 2.79. The van der Waals surface area contributed by atoms with Crippen LogP contribution in [0.5, 0.6) is 0 Å². The van der Waals surface area contributed by atoms with Gasteiger partial charge in [-0.05, 0) is 11.6 Å². The van der Waals surface area contributed by atoms with Crippen molar-refractivity contribution < 1.29 is 0 Å². The summed E-state index contributed by atoms with van der Waals surface area (Å²) in [5.74, 6) is 0. The molecule has 0 N–H and O–H groups in total. The molecule has 0 saturated heterocycles. The maximum Gasteiger partial charge on any atom is 0.0895 e. The summed E-state index contributed by atoms with van der Waals surface area (Å²) in [5, 5.41) is 8.12. The Bertz CT molecular complexity index is 615. The standard InChI is InChI=1S/C15H12N3/c1-3-7-13(8-4-1)12-18-15(11-16-17-18)14-9-5-2-6-10-14/h1-9,11H,12H2. The number of rotatable bonds is 3. The number of hydrogen-bond donors (Lipinski definition) is 0. The smallest absolute Gasteiger partial charge is 0.0895 e. The van der Waals surface area contributed by atoms with Crippen LogP contribution in [0.25, 0.3) is 11.3 Å². The Morgan fingerprint density at radius 1 is 1.00 bits per heavy atom. The van der Waals surface area contributed by atoms with E-state index in [4.69, 9.17) is 0 Å². The lowest BCUT2D eigenvalue weighted by Gasteiger charge is -2.05. The largest absolute Gasteiger partial charge is 0.240 e. The molecule has 0 aliphatic rings. The monoisotopic (exact) mass is 234 g/mol. The van der Waals surface area contributed by atoms with Crippen molar-refractivity contribution in [1.29, 1.82) is 0 Å². The molecule has 1 radical (unpaired) electrons. The van der Waals surface area contributed by atoms with E-state index in [9.17, 15) is 0 Å². The first-order valence-electron chi connectivity index (χ1n) is 5.83. The van der Waals surface area contributed by atoms with Crippen LogP contribution in [-0.2, 0) is 6.54 Å². The summed E-state index contributed by atoms with van der Waals surface area (Å²) in [6.45, 7) is 0.721. The SMILES string of the molecule is [c]1ccccc1-c1cnnn1Cc1ccccc1. The summed E-state index contributed by atoms with van der Waals surface area (Å²) < 4.78 is 1.89. The first-order valence-corrected chi connectivity index (χ1v) is 5.83. The zero-order chi connectivity index (χ0) is 12.2. The Morgan fingerprint density at radius 3 is 2.61 bits per heavy atom. The molecule has 3 rings (SSSR count). The van der Waals surface area contributed by atoms with Crippen LogP contribution in [0, 0.1) is 6.07 Å². The van der Waals surface area contributed by atoms with Gasteiger partial charge in [-0.3, -0.25) is 0 Å². The van der Waals surface area contributed by atoms with E-state index in [1.807, 2.05) is 47.1 Å². The summed E-state index contributed by atoms with van der Waals surface area (Å²) in [4.78, 5) is 0. The number of hydrogen-bond acceptors (Lipinski definition) is 2. The van der Waals surface area contributed by atoms with Crippen LogP contribution >= 0.6 is 0 Å². The van der Waals surface area contributed by atoms with Crippen LogP contribution in [-0.4, -0.2) is 15.0 Å². The highest BCUT2D eigenvalue weighted by Gasteiger charge is 2.06. The van der Waals surface area contributed by atoms with Gasteiger partial charge in [0, 0.05) is 5.56 Å². The van der Waals surface area contributed by atoms with Crippen molar-refractivity contribution in [2.75, 3.05) is 0 Å². The summed E-state index contributed by atoms with van der Waals surface area (Å²) in [6.07, 6.45) is 1.77. The number of aromatic nitrogens is 3. The lowest BCUT2D eigenvalue weighted by molar-refractivity contribution is 0.655. The van der Waals surface area contributed by atoms with E-state index in [-0.39, 0.29) is 0 Å². The van der Waals surface area contributed by atoms with E-state index in [1.54, 1.807) is 6.20 Å². The highest BCUT2D eigenvalue weighted by atomic mass is 15.4. The normalized spacial score (nSPS) is 10.4. The third kappa shape index (κ3) is 2.15. The topological polar surface area (TPSA) is 30.7 Å². The van der Waals surface area contributed by atoms with Crippen LogP contribution in [0.4, 0.5) is 0 Å². The van der Waals surface area contributed by atoms with Crippen LogP contribution in [0.3, 0.4) is 0 Å². The summed E-state index contributed by atoms with van der Waals surface area (Å²) >= 11 is 0. The van der Waals surface area contributed by atoms with Crippen molar-refractivity contribution in [2.24, 2.45) is 0 Å². The molecular formula is C15H12N3. The van der Waals surface area contributed by atoms with E-state index in [1.165, 1.54) is 5.56 Å². The van der Waals surface area contributed by atoms with Crippen molar-refractivity contribution in [2.45, 2.75) is 6.54 Å². The fourth-order valence-corrected chi connectivity index (χ4v) is 1.89. The Morgan fingerprint density at radius 2 is 1.83 bits per heavy atom. The fourth-order valence-electron chi connectivity index (χ4n) is 1.89. The molecule has 87 valence electrons. The maximum absolute atomic E-state index is 4.13. The van der Waals surface area contributed by atoms with Gasteiger partial charge in [-0.1, -0.05) is 59.8 Å². The highest BCUT2D eigenvalue weighted by molar-refractivity contribution is 5.57. The van der Waals surface area contributed by atoms with E-state index < -0.39 is 0 Å². The van der Waals surface area contributed by atoms with Gasteiger partial charge >= 0.3 is 0 Å². The molecule has 3 nitrogen and oxygen atoms in total. The molecule has 1 heterocycles. The molecule has 0 amide bonds. The first-order chi connectivity index (χ1) is 8.93. The fraction of sp³-hybridized carbons (Fsp3) is 0.0667. The van der Waals surface area contributed by atoms with Gasteiger partial charge in [0.2, 0.25) is 0 Å². The van der Waals surface area contributed by atoms with Gasteiger partial charge < -0.3 is 0 Å². The molecule has 0 bridgehead atoms. The van der Waals surface area contributed by atoms with Crippen molar-refractivity contribution in [1.82, 2.24) is 15.0 Å². The molecule has 18 heavy (non-hydrogen) atoms. The quantitative estimate of drug-likeness (QED) is 0.697. The van der Waals surface area contributed by atoms with Crippen LogP contribution < -0.4 is 0 Å². The third-order valence-corrected chi connectivity index (χ3v) is 2.78. The minimum absolute atomic E-state index is 0.721. The van der Waals surface area contributed by atoms with E-state index >= 15 is 0 Å². The Labute approximate surface area is 106 Å². The summed E-state index contributed by atoms with van der Waals surface area (Å²) in [5.41, 5.74) is 3.21. The lowest BCUT2D eigenvalue weighted by atomic mass is 10.1. The number of nitrogens with zero attached hydrogens (tertiary/aromatic N) is 3. The lowest BCUT2D eigenvalue weighted by Crippen LogP contribution is -2.03. The molecule has 0 saturated carbocycles. The minimum atomic E-state index is 0.721. The molecule has 0 fully saturated rings. The zero-order valence-electron chi connectivity index (χ0n) is 9.82. The van der Waals surface area contributed by atoms with Gasteiger partial charge in [0.25, 0.3) is 0 Å². The second-order valence-corrected chi connectivity index (χ2v) is 4.04. The molecule has 3 heteroatoms. The van der Waals surface area contributed by atoms with Gasteiger partial charge in [-0.2, -0.15) is 0 Å². The minimum Gasteiger partial charge on any atom is -0.240 e.